The second-order valence-electron chi connectivity index (χ2n) is 3.29. The SMILES string of the molecule is CCCCOCCOc1cccc(C#N)n1. The third-order valence-corrected chi connectivity index (χ3v) is 1.96. The van der Waals surface area contributed by atoms with E-state index >= 15 is 0 Å². The van der Waals surface area contributed by atoms with E-state index in [1.165, 1.54) is 0 Å². The molecular formula is C12H16N2O2. The second kappa shape index (κ2) is 7.66. The van der Waals surface area contributed by atoms with Crippen molar-refractivity contribution in [3.8, 4) is 11.9 Å². The van der Waals surface area contributed by atoms with Crippen LogP contribution in [-0.2, 0) is 4.74 Å². The maximum atomic E-state index is 8.64. The Morgan fingerprint density at radius 3 is 2.94 bits per heavy atom. The van der Waals surface area contributed by atoms with Crippen LogP contribution in [0.2, 0.25) is 0 Å². The fourth-order valence-corrected chi connectivity index (χ4v) is 1.11. The van der Waals surface area contributed by atoms with Gasteiger partial charge < -0.3 is 9.47 Å². The highest BCUT2D eigenvalue weighted by Gasteiger charge is 1.97. The Hall–Kier alpha value is -1.60. The Morgan fingerprint density at radius 1 is 1.31 bits per heavy atom. The van der Waals surface area contributed by atoms with E-state index in [2.05, 4.69) is 11.9 Å². The topological polar surface area (TPSA) is 55.1 Å². The normalized spacial score (nSPS) is 9.75. The van der Waals surface area contributed by atoms with Crippen LogP contribution in [0.25, 0.3) is 0 Å². The maximum absolute atomic E-state index is 8.64. The van der Waals surface area contributed by atoms with Gasteiger partial charge in [-0.3, -0.25) is 0 Å². The first-order valence-corrected chi connectivity index (χ1v) is 5.44. The number of rotatable bonds is 7. The molecule has 0 aliphatic rings. The van der Waals surface area contributed by atoms with Crippen LogP contribution in [0, 0.1) is 11.3 Å². The summed E-state index contributed by atoms with van der Waals surface area (Å²) >= 11 is 0. The minimum atomic E-state index is 0.365. The average Bonchev–Trinajstić information content (AvgIpc) is 2.34. The monoisotopic (exact) mass is 220 g/mol. The van der Waals surface area contributed by atoms with Gasteiger partial charge in [-0.15, -0.1) is 0 Å². The molecule has 86 valence electrons. The number of pyridine rings is 1. The zero-order valence-electron chi connectivity index (χ0n) is 9.48. The lowest BCUT2D eigenvalue weighted by molar-refractivity contribution is 0.0965. The van der Waals surface area contributed by atoms with Crippen molar-refractivity contribution in [2.24, 2.45) is 0 Å². The lowest BCUT2D eigenvalue weighted by Gasteiger charge is -2.05. The molecule has 1 heterocycles. The Kier molecular flexibility index (Phi) is 5.97. The van der Waals surface area contributed by atoms with Crippen molar-refractivity contribution in [2.75, 3.05) is 19.8 Å². The van der Waals surface area contributed by atoms with Crippen molar-refractivity contribution >= 4 is 0 Å². The Bertz CT molecular complexity index is 347. The van der Waals surface area contributed by atoms with E-state index in [0.29, 0.717) is 24.8 Å². The molecule has 0 fully saturated rings. The van der Waals surface area contributed by atoms with Crippen LogP contribution in [0.4, 0.5) is 0 Å². The van der Waals surface area contributed by atoms with Gasteiger partial charge >= 0.3 is 0 Å². The van der Waals surface area contributed by atoms with E-state index in [1.54, 1.807) is 18.2 Å². The molecule has 1 aromatic heterocycles. The fourth-order valence-electron chi connectivity index (χ4n) is 1.11. The molecule has 0 saturated carbocycles. The number of nitriles is 1. The summed E-state index contributed by atoms with van der Waals surface area (Å²) in [7, 11) is 0. The summed E-state index contributed by atoms with van der Waals surface area (Å²) in [5.41, 5.74) is 0.365. The number of hydrogen-bond acceptors (Lipinski definition) is 4. The van der Waals surface area contributed by atoms with E-state index in [9.17, 15) is 0 Å². The highest BCUT2D eigenvalue weighted by atomic mass is 16.5. The fraction of sp³-hybridized carbons (Fsp3) is 0.500. The standard InChI is InChI=1S/C12H16N2O2/c1-2-3-7-15-8-9-16-12-6-4-5-11(10-13)14-12/h4-6H,2-3,7-9H2,1H3. The molecule has 4 nitrogen and oxygen atoms in total. The molecule has 0 bridgehead atoms. The van der Waals surface area contributed by atoms with Crippen molar-refractivity contribution in [3.05, 3.63) is 23.9 Å². The van der Waals surface area contributed by atoms with Gasteiger partial charge in [0.25, 0.3) is 0 Å². The molecule has 0 saturated heterocycles. The van der Waals surface area contributed by atoms with Gasteiger partial charge in [0.2, 0.25) is 5.88 Å². The number of unbranched alkanes of at least 4 members (excludes halogenated alkanes) is 1. The van der Waals surface area contributed by atoms with Crippen molar-refractivity contribution < 1.29 is 9.47 Å². The quantitative estimate of drug-likeness (QED) is 0.661. The predicted molar refractivity (Wildman–Crippen MR) is 60.2 cm³/mol. The third kappa shape index (κ3) is 4.76. The zero-order chi connectivity index (χ0) is 11.6. The summed E-state index contributed by atoms with van der Waals surface area (Å²) in [6.45, 7) is 3.91. The van der Waals surface area contributed by atoms with Gasteiger partial charge in [-0.2, -0.15) is 5.26 Å². The van der Waals surface area contributed by atoms with E-state index in [4.69, 9.17) is 14.7 Å². The molecule has 1 aromatic rings. The van der Waals surface area contributed by atoms with Gasteiger partial charge in [-0.25, -0.2) is 4.98 Å². The van der Waals surface area contributed by atoms with Gasteiger partial charge in [0.1, 0.15) is 18.4 Å². The average molecular weight is 220 g/mol. The minimum Gasteiger partial charge on any atom is -0.475 e. The van der Waals surface area contributed by atoms with Crippen molar-refractivity contribution in [1.29, 1.82) is 5.26 Å². The molecule has 0 spiro atoms. The van der Waals surface area contributed by atoms with Crippen LogP contribution in [0.3, 0.4) is 0 Å². The molecule has 4 heteroatoms. The highest BCUT2D eigenvalue weighted by Crippen LogP contribution is 2.06. The van der Waals surface area contributed by atoms with Crippen LogP contribution in [0.1, 0.15) is 25.5 Å². The summed E-state index contributed by atoms with van der Waals surface area (Å²) in [6.07, 6.45) is 2.20. The Labute approximate surface area is 95.8 Å². The van der Waals surface area contributed by atoms with Gasteiger partial charge in [0.15, 0.2) is 0 Å². The summed E-state index contributed by atoms with van der Waals surface area (Å²) in [4.78, 5) is 3.99. The largest absolute Gasteiger partial charge is 0.475 e. The molecule has 0 aliphatic heterocycles. The van der Waals surface area contributed by atoms with Crippen molar-refractivity contribution in [3.63, 3.8) is 0 Å². The number of nitrogens with zero attached hydrogens (tertiary/aromatic N) is 2. The van der Waals surface area contributed by atoms with E-state index in [-0.39, 0.29) is 0 Å². The first kappa shape index (κ1) is 12.5. The van der Waals surface area contributed by atoms with Crippen LogP contribution >= 0.6 is 0 Å². The van der Waals surface area contributed by atoms with E-state index in [0.717, 1.165) is 19.4 Å². The zero-order valence-corrected chi connectivity index (χ0v) is 9.48. The molecule has 1 rings (SSSR count). The van der Waals surface area contributed by atoms with Gasteiger partial charge in [0.05, 0.1) is 6.61 Å². The number of ether oxygens (including phenoxy) is 2. The Morgan fingerprint density at radius 2 is 2.19 bits per heavy atom. The van der Waals surface area contributed by atoms with E-state index in [1.807, 2.05) is 6.07 Å². The molecule has 0 radical (unpaired) electrons. The smallest absolute Gasteiger partial charge is 0.214 e. The first-order chi connectivity index (χ1) is 7.86. The van der Waals surface area contributed by atoms with Gasteiger partial charge in [-0.1, -0.05) is 19.4 Å². The lowest BCUT2D eigenvalue weighted by atomic mass is 10.4. The summed E-state index contributed by atoms with van der Waals surface area (Å²) in [5.74, 6) is 0.471. The van der Waals surface area contributed by atoms with Crippen LogP contribution in [0.15, 0.2) is 18.2 Å². The summed E-state index contributed by atoms with van der Waals surface area (Å²) < 4.78 is 10.7. The summed E-state index contributed by atoms with van der Waals surface area (Å²) in [6, 6.07) is 7.08. The molecule has 0 atom stereocenters. The minimum absolute atomic E-state index is 0.365. The second-order valence-corrected chi connectivity index (χ2v) is 3.29. The molecule has 0 aromatic carbocycles. The number of hydrogen-bond donors (Lipinski definition) is 0. The highest BCUT2D eigenvalue weighted by molar-refractivity contribution is 5.24. The summed E-state index contributed by atoms with van der Waals surface area (Å²) in [5, 5.41) is 8.64. The Balaban J connectivity index is 2.19. The van der Waals surface area contributed by atoms with E-state index < -0.39 is 0 Å². The van der Waals surface area contributed by atoms with Crippen LogP contribution in [-0.4, -0.2) is 24.8 Å². The molecule has 16 heavy (non-hydrogen) atoms. The van der Waals surface area contributed by atoms with Gasteiger partial charge in [-0.05, 0) is 12.5 Å². The number of aromatic nitrogens is 1. The lowest BCUT2D eigenvalue weighted by Crippen LogP contribution is -2.08. The maximum Gasteiger partial charge on any atom is 0.214 e. The molecule has 0 N–H and O–H groups in total. The first-order valence-electron chi connectivity index (χ1n) is 5.44. The molecule has 0 amide bonds. The predicted octanol–water partition coefficient (Wildman–Crippen LogP) is 2.15. The van der Waals surface area contributed by atoms with Gasteiger partial charge in [0, 0.05) is 12.7 Å². The molecule has 0 unspecified atom stereocenters. The van der Waals surface area contributed by atoms with Crippen molar-refractivity contribution in [1.82, 2.24) is 4.98 Å². The van der Waals surface area contributed by atoms with Crippen molar-refractivity contribution in [2.45, 2.75) is 19.8 Å². The van der Waals surface area contributed by atoms with Crippen LogP contribution < -0.4 is 4.74 Å². The molecular weight excluding hydrogens is 204 g/mol. The van der Waals surface area contributed by atoms with Crippen LogP contribution in [0.5, 0.6) is 5.88 Å². The third-order valence-electron chi connectivity index (χ3n) is 1.96. The molecule has 0 aliphatic carbocycles.